The maximum Gasteiger partial charge on any atom is 0.244 e. The molecule has 1 unspecified atom stereocenters. The molecule has 106 valence electrons. The van der Waals surface area contributed by atoms with Crippen LogP contribution >= 0.6 is 12.2 Å². The molecule has 0 fully saturated rings. The number of nitrogens with zero attached hydrogens (tertiary/aromatic N) is 1. The number of benzene rings is 1. The quantitative estimate of drug-likeness (QED) is 0.846. The van der Waals surface area contributed by atoms with Crippen LogP contribution in [0.4, 0.5) is 5.69 Å². The van der Waals surface area contributed by atoms with E-state index in [2.05, 4.69) is 0 Å². The summed E-state index contributed by atoms with van der Waals surface area (Å²) in [7, 11) is -2.04. The molecule has 1 atom stereocenters. The first-order chi connectivity index (χ1) is 8.71. The summed E-state index contributed by atoms with van der Waals surface area (Å²) in [5, 5.41) is -0.826. The van der Waals surface area contributed by atoms with Gasteiger partial charge in [-0.2, -0.15) is 0 Å². The Morgan fingerprint density at radius 3 is 2.42 bits per heavy atom. The van der Waals surface area contributed by atoms with Crippen LogP contribution in [0, 0.1) is 13.8 Å². The van der Waals surface area contributed by atoms with Crippen LogP contribution in [0.2, 0.25) is 0 Å². The minimum absolute atomic E-state index is 0.0131. The van der Waals surface area contributed by atoms with Gasteiger partial charge in [-0.3, -0.25) is 4.31 Å². The fraction of sp³-hybridized carbons (Fsp3) is 0.462. The molecule has 0 saturated heterocycles. The van der Waals surface area contributed by atoms with Crippen LogP contribution in [0.25, 0.3) is 0 Å². The first-order valence-corrected chi connectivity index (χ1v) is 7.97. The Hall–Kier alpha value is -1.14. The van der Waals surface area contributed by atoms with Crippen LogP contribution in [0.3, 0.4) is 0 Å². The Labute approximate surface area is 120 Å². The standard InChI is InChI=1S/C13H20N2O2S2/c1-5-12(13(14)18)19(16,17)15(4)11-7-6-9(2)8-10(11)3/h6-8,12H,5H2,1-4H3,(H2,14,18). The number of thiocarbonyl (C=S) groups is 1. The van der Waals surface area contributed by atoms with Gasteiger partial charge in [0.2, 0.25) is 10.0 Å². The van der Waals surface area contributed by atoms with Gasteiger partial charge in [-0.25, -0.2) is 8.42 Å². The summed E-state index contributed by atoms with van der Waals surface area (Å²) in [5.41, 5.74) is 8.19. The monoisotopic (exact) mass is 300 g/mol. The summed E-state index contributed by atoms with van der Waals surface area (Å²) in [6.07, 6.45) is 0.368. The zero-order valence-electron chi connectivity index (χ0n) is 11.7. The molecule has 0 aliphatic carbocycles. The minimum atomic E-state index is -3.57. The van der Waals surface area contributed by atoms with Crippen molar-refractivity contribution in [3.8, 4) is 0 Å². The lowest BCUT2D eigenvalue weighted by molar-refractivity contribution is 0.587. The fourth-order valence-corrected chi connectivity index (χ4v) is 4.15. The molecule has 6 heteroatoms. The highest BCUT2D eigenvalue weighted by Crippen LogP contribution is 2.25. The summed E-state index contributed by atoms with van der Waals surface area (Å²) in [4.78, 5) is 0.0131. The van der Waals surface area contributed by atoms with E-state index in [1.165, 1.54) is 11.4 Å². The SMILES string of the molecule is CCC(C(N)=S)S(=O)(=O)N(C)c1ccc(C)cc1C. The number of hydrogen-bond acceptors (Lipinski definition) is 3. The molecule has 0 saturated carbocycles. The summed E-state index contributed by atoms with van der Waals surface area (Å²) >= 11 is 4.86. The van der Waals surface area contributed by atoms with E-state index in [0.717, 1.165) is 11.1 Å². The van der Waals surface area contributed by atoms with E-state index in [-0.39, 0.29) is 4.99 Å². The van der Waals surface area contributed by atoms with Crippen LogP contribution in [0.1, 0.15) is 24.5 Å². The van der Waals surface area contributed by atoms with E-state index in [9.17, 15) is 8.42 Å². The molecule has 2 N–H and O–H groups in total. The molecule has 1 aromatic carbocycles. The van der Waals surface area contributed by atoms with E-state index in [1.54, 1.807) is 13.0 Å². The highest BCUT2D eigenvalue weighted by molar-refractivity contribution is 7.95. The molecular weight excluding hydrogens is 280 g/mol. The zero-order chi connectivity index (χ0) is 14.8. The molecule has 4 nitrogen and oxygen atoms in total. The van der Waals surface area contributed by atoms with Crippen LogP contribution in [-0.4, -0.2) is 25.7 Å². The molecule has 0 spiro atoms. The second kappa shape index (κ2) is 5.88. The molecule has 0 amide bonds. The van der Waals surface area contributed by atoms with Gasteiger partial charge in [-0.05, 0) is 31.9 Å². The van der Waals surface area contributed by atoms with Crippen molar-refractivity contribution in [2.24, 2.45) is 5.73 Å². The molecule has 1 rings (SSSR count). The van der Waals surface area contributed by atoms with Gasteiger partial charge in [0, 0.05) is 7.05 Å². The topological polar surface area (TPSA) is 63.4 Å². The van der Waals surface area contributed by atoms with Gasteiger partial charge in [-0.1, -0.05) is 36.8 Å². The van der Waals surface area contributed by atoms with Gasteiger partial charge in [0.15, 0.2) is 0 Å². The van der Waals surface area contributed by atoms with Crippen molar-refractivity contribution in [3.63, 3.8) is 0 Å². The van der Waals surface area contributed by atoms with E-state index < -0.39 is 15.3 Å². The Morgan fingerprint density at radius 2 is 2.00 bits per heavy atom. The second-order valence-corrected chi connectivity index (χ2v) is 7.22. The van der Waals surface area contributed by atoms with E-state index in [1.807, 2.05) is 26.0 Å². The molecule has 19 heavy (non-hydrogen) atoms. The lowest BCUT2D eigenvalue weighted by Gasteiger charge is -2.26. The fourth-order valence-electron chi connectivity index (χ4n) is 2.05. The van der Waals surface area contributed by atoms with E-state index >= 15 is 0 Å². The molecule has 0 aliphatic rings. The van der Waals surface area contributed by atoms with E-state index in [0.29, 0.717) is 12.1 Å². The normalized spacial score (nSPS) is 13.1. The van der Waals surface area contributed by atoms with Gasteiger partial charge in [0.25, 0.3) is 0 Å². The lowest BCUT2D eigenvalue weighted by Crippen LogP contribution is -2.43. The smallest absolute Gasteiger partial charge is 0.244 e. The maximum atomic E-state index is 12.5. The Kier molecular flexibility index (Phi) is 4.92. The third-order valence-corrected chi connectivity index (χ3v) is 5.82. The van der Waals surface area contributed by atoms with E-state index in [4.69, 9.17) is 18.0 Å². The minimum Gasteiger partial charge on any atom is -0.392 e. The van der Waals surface area contributed by atoms with Crippen molar-refractivity contribution < 1.29 is 8.42 Å². The van der Waals surface area contributed by atoms with Crippen molar-refractivity contribution in [3.05, 3.63) is 29.3 Å². The highest BCUT2D eigenvalue weighted by atomic mass is 32.2. The van der Waals surface area contributed by atoms with Crippen molar-refractivity contribution in [2.75, 3.05) is 11.4 Å². The molecule has 0 heterocycles. The third-order valence-electron chi connectivity index (χ3n) is 3.12. The van der Waals surface area contributed by atoms with Crippen LogP contribution in [0.15, 0.2) is 18.2 Å². The Morgan fingerprint density at radius 1 is 1.42 bits per heavy atom. The van der Waals surface area contributed by atoms with Gasteiger partial charge in [0.1, 0.15) is 5.25 Å². The number of hydrogen-bond donors (Lipinski definition) is 1. The van der Waals surface area contributed by atoms with Gasteiger partial charge in [-0.15, -0.1) is 0 Å². The average Bonchev–Trinajstić information content (AvgIpc) is 2.28. The molecule has 1 aromatic rings. The van der Waals surface area contributed by atoms with Crippen molar-refractivity contribution in [2.45, 2.75) is 32.4 Å². The Balaban J connectivity index is 3.24. The second-order valence-electron chi connectivity index (χ2n) is 4.60. The van der Waals surface area contributed by atoms with Crippen molar-refractivity contribution >= 4 is 32.9 Å². The maximum absolute atomic E-state index is 12.5. The predicted octanol–water partition coefficient (Wildman–Crippen LogP) is 2.13. The number of sulfonamides is 1. The van der Waals surface area contributed by atoms with Crippen molar-refractivity contribution in [1.29, 1.82) is 0 Å². The molecule has 0 radical (unpaired) electrons. The number of rotatable bonds is 5. The number of aryl methyl sites for hydroxylation is 2. The first kappa shape index (κ1) is 15.9. The number of anilines is 1. The number of nitrogens with two attached hydrogens (primary N) is 1. The molecule has 0 aromatic heterocycles. The average molecular weight is 300 g/mol. The molecular formula is C13H20N2O2S2. The zero-order valence-corrected chi connectivity index (χ0v) is 13.3. The summed E-state index contributed by atoms with van der Waals surface area (Å²) < 4.78 is 26.3. The summed E-state index contributed by atoms with van der Waals surface area (Å²) in [6.45, 7) is 5.61. The van der Waals surface area contributed by atoms with Gasteiger partial charge in [0.05, 0.1) is 10.7 Å². The highest BCUT2D eigenvalue weighted by Gasteiger charge is 2.31. The lowest BCUT2D eigenvalue weighted by atomic mass is 10.1. The largest absolute Gasteiger partial charge is 0.392 e. The molecule has 0 aliphatic heterocycles. The van der Waals surface area contributed by atoms with Gasteiger partial charge < -0.3 is 5.73 Å². The van der Waals surface area contributed by atoms with Crippen LogP contribution in [0.5, 0.6) is 0 Å². The summed E-state index contributed by atoms with van der Waals surface area (Å²) in [5.74, 6) is 0. The van der Waals surface area contributed by atoms with Crippen LogP contribution in [-0.2, 0) is 10.0 Å². The van der Waals surface area contributed by atoms with Crippen molar-refractivity contribution in [1.82, 2.24) is 0 Å². The van der Waals surface area contributed by atoms with Crippen LogP contribution < -0.4 is 10.0 Å². The third kappa shape index (κ3) is 3.25. The molecule has 0 bridgehead atoms. The van der Waals surface area contributed by atoms with Gasteiger partial charge >= 0.3 is 0 Å². The first-order valence-electron chi connectivity index (χ1n) is 6.06. The Bertz CT molecular complexity index is 582. The summed E-state index contributed by atoms with van der Waals surface area (Å²) in [6, 6.07) is 5.63. The predicted molar refractivity (Wildman–Crippen MR) is 84.1 cm³/mol.